The van der Waals surface area contributed by atoms with E-state index >= 15 is 0 Å². The number of halogens is 3. The van der Waals surface area contributed by atoms with E-state index in [1.807, 2.05) is 0 Å². The van der Waals surface area contributed by atoms with Gasteiger partial charge in [0.2, 0.25) is 0 Å². The predicted molar refractivity (Wildman–Crippen MR) is 79.3 cm³/mol. The third kappa shape index (κ3) is 2.90. The Morgan fingerprint density at radius 2 is 2.00 bits per heavy atom. The first-order chi connectivity index (χ1) is 10.9. The number of amides is 1. The maximum atomic E-state index is 12.9. The fraction of sp³-hybridized carbons (Fsp3) is 0.125. The van der Waals surface area contributed by atoms with Crippen LogP contribution in [0.15, 0.2) is 48.8 Å². The number of aromatic nitrogens is 2. The fourth-order valence-corrected chi connectivity index (χ4v) is 2.30. The van der Waals surface area contributed by atoms with E-state index < -0.39 is 17.6 Å². The molecule has 0 radical (unpaired) electrons. The zero-order valence-corrected chi connectivity index (χ0v) is 12.1. The molecule has 3 rings (SSSR count). The molecule has 0 saturated carbocycles. The van der Waals surface area contributed by atoms with Gasteiger partial charge in [0.1, 0.15) is 11.3 Å². The molecule has 0 saturated heterocycles. The summed E-state index contributed by atoms with van der Waals surface area (Å²) in [4.78, 5) is 16.4. The van der Waals surface area contributed by atoms with Gasteiger partial charge < -0.3 is 5.32 Å². The van der Waals surface area contributed by atoms with Gasteiger partial charge in [0.05, 0.1) is 11.8 Å². The average Bonchev–Trinajstić information content (AvgIpc) is 2.92. The van der Waals surface area contributed by atoms with Crippen molar-refractivity contribution in [2.75, 3.05) is 5.32 Å². The molecule has 23 heavy (non-hydrogen) atoms. The lowest BCUT2D eigenvalue weighted by atomic mass is 10.1. The Morgan fingerprint density at radius 1 is 1.22 bits per heavy atom. The van der Waals surface area contributed by atoms with Crippen molar-refractivity contribution in [3.8, 4) is 0 Å². The molecule has 1 aromatic carbocycles. The number of alkyl halides is 3. The lowest BCUT2D eigenvalue weighted by Gasteiger charge is -2.12. The van der Waals surface area contributed by atoms with Crippen molar-refractivity contribution in [3.05, 3.63) is 65.6 Å². The number of nitrogens with one attached hydrogen (secondary N) is 1. The zero-order chi connectivity index (χ0) is 16.6. The lowest BCUT2D eigenvalue weighted by Crippen LogP contribution is -2.15. The number of hydrogen-bond donors (Lipinski definition) is 1. The molecule has 3 aromatic rings. The smallest absolute Gasteiger partial charge is 0.321 e. The van der Waals surface area contributed by atoms with E-state index in [-0.39, 0.29) is 16.9 Å². The molecule has 0 aliphatic heterocycles. The summed E-state index contributed by atoms with van der Waals surface area (Å²) in [5, 5.41) is 2.48. The Bertz CT molecular complexity index is 884. The minimum Gasteiger partial charge on any atom is -0.321 e. The monoisotopic (exact) mass is 319 g/mol. The summed E-state index contributed by atoms with van der Waals surface area (Å²) in [7, 11) is 0. The molecular formula is C16H12F3N3O. The zero-order valence-electron chi connectivity index (χ0n) is 12.1. The molecule has 0 aliphatic carbocycles. The number of pyridine rings is 1. The van der Waals surface area contributed by atoms with Crippen molar-refractivity contribution >= 4 is 17.2 Å². The van der Waals surface area contributed by atoms with Crippen molar-refractivity contribution in [2.24, 2.45) is 0 Å². The van der Waals surface area contributed by atoms with Gasteiger partial charge in [0, 0.05) is 11.9 Å². The molecule has 1 N–H and O–H groups in total. The topological polar surface area (TPSA) is 46.4 Å². The van der Waals surface area contributed by atoms with Crippen LogP contribution in [0.1, 0.15) is 21.6 Å². The highest BCUT2D eigenvalue weighted by Crippen LogP contribution is 2.33. The number of hydrogen-bond acceptors (Lipinski definition) is 2. The number of benzene rings is 1. The van der Waals surface area contributed by atoms with Gasteiger partial charge in [0.25, 0.3) is 5.91 Å². The summed E-state index contributed by atoms with van der Waals surface area (Å²) in [6, 6.07) is 8.93. The highest BCUT2D eigenvalue weighted by atomic mass is 19.4. The van der Waals surface area contributed by atoms with Crippen molar-refractivity contribution in [3.63, 3.8) is 0 Å². The molecular weight excluding hydrogens is 307 g/mol. The van der Waals surface area contributed by atoms with Crippen LogP contribution in [0.2, 0.25) is 0 Å². The average molecular weight is 319 g/mol. The molecule has 0 aliphatic rings. The molecule has 0 atom stereocenters. The molecule has 118 valence electrons. The van der Waals surface area contributed by atoms with Crippen LogP contribution in [-0.4, -0.2) is 15.3 Å². The van der Waals surface area contributed by atoms with Crippen LogP contribution in [0.3, 0.4) is 0 Å². The predicted octanol–water partition coefficient (Wildman–Crippen LogP) is 3.91. The Morgan fingerprint density at radius 3 is 2.74 bits per heavy atom. The molecule has 0 bridgehead atoms. The number of rotatable bonds is 2. The Balaban J connectivity index is 1.92. The van der Waals surface area contributed by atoms with E-state index in [1.54, 1.807) is 28.8 Å². The number of fused-ring (bicyclic) bond motifs is 1. The van der Waals surface area contributed by atoms with E-state index in [9.17, 15) is 18.0 Å². The molecule has 0 spiro atoms. The van der Waals surface area contributed by atoms with E-state index in [1.165, 1.54) is 25.3 Å². The minimum absolute atomic E-state index is 0.0822. The second-order valence-electron chi connectivity index (χ2n) is 5.05. The SMILES string of the molecule is Cc1ccc(NC(=O)c2cnc3ccccn23)cc1C(F)(F)F. The molecule has 2 aromatic heterocycles. The van der Waals surface area contributed by atoms with Crippen LogP contribution in [0, 0.1) is 6.92 Å². The second kappa shape index (κ2) is 5.42. The molecule has 7 heteroatoms. The Hall–Kier alpha value is -2.83. The lowest BCUT2D eigenvalue weighted by molar-refractivity contribution is -0.138. The van der Waals surface area contributed by atoms with Gasteiger partial charge in [-0.05, 0) is 36.8 Å². The maximum Gasteiger partial charge on any atom is 0.416 e. The number of carbonyl (C=O) groups is 1. The van der Waals surface area contributed by atoms with Crippen LogP contribution in [-0.2, 0) is 6.18 Å². The van der Waals surface area contributed by atoms with Crippen LogP contribution in [0.25, 0.3) is 5.65 Å². The van der Waals surface area contributed by atoms with Gasteiger partial charge in [-0.25, -0.2) is 4.98 Å². The standard InChI is InChI=1S/C16H12F3N3O/c1-10-5-6-11(8-12(10)16(17,18)19)21-15(23)13-9-20-14-4-2-3-7-22(13)14/h2-9H,1H3,(H,21,23). The van der Waals surface area contributed by atoms with Gasteiger partial charge in [-0.1, -0.05) is 12.1 Å². The first kappa shape index (κ1) is 15.1. The molecule has 4 nitrogen and oxygen atoms in total. The van der Waals surface area contributed by atoms with Crippen LogP contribution in [0.4, 0.5) is 18.9 Å². The third-order valence-corrected chi connectivity index (χ3v) is 3.45. The summed E-state index contributed by atoms with van der Waals surface area (Å²) < 4.78 is 40.3. The summed E-state index contributed by atoms with van der Waals surface area (Å²) in [5.74, 6) is -0.527. The van der Waals surface area contributed by atoms with Gasteiger partial charge in [0.15, 0.2) is 0 Å². The number of aryl methyl sites for hydroxylation is 1. The molecule has 0 fully saturated rings. The summed E-state index contributed by atoms with van der Waals surface area (Å²) >= 11 is 0. The molecule has 0 unspecified atom stereocenters. The molecule has 2 heterocycles. The van der Waals surface area contributed by atoms with Crippen molar-refractivity contribution in [1.29, 1.82) is 0 Å². The second-order valence-corrected chi connectivity index (χ2v) is 5.05. The van der Waals surface area contributed by atoms with Crippen molar-refractivity contribution < 1.29 is 18.0 Å². The van der Waals surface area contributed by atoms with Crippen LogP contribution < -0.4 is 5.32 Å². The first-order valence-corrected chi connectivity index (χ1v) is 6.77. The van der Waals surface area contributed by atoms with Crippen molar-refractivity contribution in [2.45, 2.75) is 13.1 Å². The van der Waals surface area contributed by atoms with Gasteiger partial charge in [-0.2, -0.15) is 13.2 Å². The van der Waals surface area contributed by atoms with Crippen LogP contribution >= 0.6 is 0 Å². The summed E-state index contributed by atoms with van der Waals surface area (Å²) in [6.45, 7) is 1.37. The Kier molecular flexibility index (Phi) is 3.55. The number of anilines is 1. The van der Waals surface area contributed by atoms with Gasteiger partial charge >= 0.3 is 6.18 Å². The van der Waals surface area contributed by atoms with E-state index in [2.05, 4.69) is 10.3 Å². The molecule has 1 amide bonds. The number of nitrogens with zero attached hydrogens (tertiary/aromatic N) is 2. The highest BCUT2D eigenvalue weighted by Gasteiger charge is 2.32. The van der Waals surface area contributed by atoms with E-state index in [4.69, 9.17) is 0 Å². The van der Waals surface area contributed by atoms with E-state index in [0.29, 0.717) is 5.65 Å². The normalized spacial score (nSPS) is 11.7. The van der Waals surface area contributed by atoms with Gasteiger partial charge in [-0.15, -0.1) is 0 Å². The minimum atomic E-state index is -4.46. The maximum absolute atomic E-state index is 12.9. The Labute approximate surface area is 129 Å². The number of carbonyl (C=O) groups excluding carboxylic acids is 1. The van der Waals surface area contributed by atoms with Crippen LogP contribution in [0.5, 0.6) is 0 Å². The van der Waals surface area contributed by atoms with E-state index in [0.717, 1.165) is 6.07 Å². The number of imidazole rings is 1. The largest absolute Gasteiger partial charge is 0.416 e. The quantitative estimate of drug-likeness (QED) is 0.778. The first-order valence-electron chi connectivity index (χ1n) is 6.77. The fourth-order valence-electron chi connectivity index (χ4n) is 2.30. The van der Waals surface area contributed by atoms with Gasteiger partial charge in [-0.3, -0.25) is 9.20 Å². The van der Waals surface area contributed by atoms with Crippen molar-refractivity contribution in [1.82, 2.24) is 9.38 Å². The third-order valence-electron chi connectivity index (χ3n) is 3.45. The highest BCUT2D eigenvalue weighted by molar-refractivity contribution is 6.03. The summed E-state index contributed by atoms with van der Waals surface area (Å²) in [5.41, 5.74) is 0.241. The summed E-state index contributed by atoms with van der Waals surface area (Å²) in [6.07, 6.45) is -1.43.